The molecular weight excluding hydrogens is 183 g/mol. The number of urea groups is 1. The van der Waals surface area contributed by atoms with Gasteiger partial charge in [-0.25, -0.2) is 9.18 Å². The van der Waals surface area contributed by atoms with Crippen molar-refractivity contribution in [3.05, 3.63) is 29.6 Å². The Kier molecular flexibility index (Phi) is 3.45. The summed E-state index contributed by atoms with van der Waals surface area (Å²) in [4.78, 5) is 11.1. The van der Waals surface area contributed by atoms with Gasteiger partial charge in [0.05, 0.1) is 5.69 Å². The van der Waals surface area contributed by atoms with Crippen LogP contribution < -0.4 is 10.6 Å². The van der Waals surface area contributed by atoms with E-state index in [2.05, 4.69) is 10.6 Å². The molecule has 76 valence electrons. The van der Waals surface area contributed by atoms with Crippen molar-refractivity contribution in [1.82, 2.24) is 5.32 Å². The van der Waals surface area contributed by atoms with E-state index < -0.39 is 5.82 Å². The number of halogens is 1. The largest absolute Gasteiger partial charge is 0.338 e. The molecule has 2 N–H and O–H groups in total. The SMILES string of the molecule is CCNC(=O)Nc1c(C)cccc1F. The molecule has 0 saturated heterocycles. The Labute approximate surface area is 82.3 Å². The van der Waals surface area contributed by atoms with Crippen LogP contribution in [0, 0.1) is 12.7 Å². The number of carbonyl (C=O) groups excluding carboxylic acids is 1. The fraction of sp³-hybridized carbons (Fsp3) is 0.300. The van der Waals surface area contributed by atoms with E-state index in [1.165, 1.54) is 6.07 Å². The third-order valence-electron chi connectivity index (χ3n) is 1.80. The molecule has 2 amide bonds. The summed E-state index contributed by atoms with van der Waals surface area (Å²) in [6.07, 6.45) is 0. The number of rotatable bonds is 2. The topological polar surface area (TPSA) is 41.1 Å². The standard InChI is InChI=1S/C10H13FN2O/c1-3-12-10(14)13-9-7(2)5-4-6-8(9)11/h4-6H,3H2,1-2H3,(H2,12,13,14). The molecule has 0 aromatic heterocycles. The summed E-state index contributed by atoms with van der Waals surface area (Å²) >= 11 is 0. The molecule has 0 radical (unpaired) electrons. The van der Waals surface area contributed by atoms with E-state index in [1.807, 2.05) is 0 Å². The Morgan fingerprint density at radius 1 is 1.50 bits per heavy atom. The number of hydrogen-bond acceptors (Lipinski definition) is 1. The van der Waals surface area contributed by atoms with Crippen molar-refractivity contribution in [3.8, 4) is 0 Å². The molecule has 1 aromatic rings. The van der Waals surface area contributed by atoms with Gasteiger partial charge in [0.15, 0.2) is 0 Å². The van der Waals surface area contributed by atoms with Gasteiger partial charge in [-0.1, -0.05) is 12.1 Å². The fourth-order valence-corrected chi connectivity index (χ4v) is 1.11. The van der Waals surface area contributed by atoms with E-state index in [1.54, 1.807) is 26.0 Å². The van der Waals surface area contributed by atoms with E-state index in [9.17, 15) is 9.18 Å². The molecule has 0 aliphatic heterocycles. The molecule has 0 atom stereocenters. The van der Waals surface area contributed by atoms with Crippen molar-refractivity contribution in [3.63, 3.8) is 0 Å². The molecular formula is C10H13FN2O. The second kappa shape index (κ2) is 4.60. The highest BCUT2D eigenvalue weighted by Crippen LogP contribution is 2.18. The Morgan fingerprint density at radius 2 is 2.21 bits per heavy atom. The zero-order chi connectivity index (χ0) is 10.6. The summed E-state index contributed by atoms with van der Waals surface area (Å²) in [6, 6.07) is 4.27. The summed E-state index contributed by atoms with van der Waals surface area (Å²) < 4.78 is 13.2. The molecule has 4 heteroatoms. The van der Waals surface area contributed by atoms with Gasteiger partial charge < -0.3 is 10.6 Å². The first-order valence-corrected chi connectivity index (χ1v) is 4.45. The van der Waals surface area contributed by atoms with Gasteiger partial charge in [0, 0.05) is 6.54 Å². The Hall–Kier alpha value is -1.58. The maximum Gasteiger partial charge on any atom is 0.319 e. The van der Waals surface area contributed by atoms with Gasteiger partial charge in [0.1, 0.15) is 5.82 Å². The normalized spacial score (nSPS) is 9.64. The smallest absolute Gasteiger partial charge is 0.319 e. The fourth-order valence-electron chi connectivity index (χ4n) is 1.11. The summed E-state index contributed by atoms with van der Waals surface area (Å²) in [5, 5.41) is 4.99. The average molecular weight is 196 g/mol. The van der Waals surface area contributed by atoms with Gasteiger partial charge in [-0.2, -0.15) is 0 Å². The van der Waals surface area contributed by atoms with Gasteiger partial charge in [0.2, 0.25) is 0 Å². The van der Waals surface area contributed by atoms with Crippen LogP contribution in [0.25, 0.3) is 0 Å². The van der Waals surface area contributed by atoms with Crippen LogP contribution in [0.5, 0.6) is 0 Å². The number of aryl methyl sites for hydroxylation is 1. The number of hydrogen-bond donors (Lipinski definition) is 2. The first-order valence-electron chi connectivity index (χ1n) is 4.45. The van der Waals surface area contributed by atoms with Crippen molar-refractivity contribution >= 4 is 11.7 Å². The van der Waals surface area contributed by atoms with Gasteiger partial charge in [-0.15, -0.1) is 0 Å². The number of carbonyl (C=O) groups is 1. The molecule has 1 aromatic carbocycles. The van der Waals surface area contributed by atoms with Crippen molar-refractivity contribution < 1.29 is 9.18 Å². The Morgan fingerprint density at radius 3 is 2.79 bits per heavy atom. The van der Waals surface area contributed by atoms with Crippen LogP contribution in [0.15, 0.2) is 18.2 Å². The molecule has 0 aliphatic rings. The zero-order valence-electron chi connectivity index (χ0n) is 8.23. The Bertz CT molecular complexity index is 319. The van der Waals surface area contributed by atoms with Crippen molar-refractivity contribution in [1.29, 1.82) is 0 Å². The second-order valence-corrected chi connectivity index (χ2v) is 2.92. The van der Waals surface area contributed by atoms with Crippen LogP contribution in [-0.4, -0.2) is 12.6 Å². The molecule has 0 saturated carbocycles. The maximum atomic E-state index is 13.2. The van der Waals surface area contributed by atoms with Crippen LogP contribution in [0.2, 0.25) is 0 Å². The van der Waals surface area contributed by atoms with E-state index in [0.717, 1.165) is 0 Å². The predicted molar refractivity (Wildman–Crippen MR) is 53.8 cm³/mol. The monoisotopic (exact) mass is 196 g/mol. The average Bonchev–Trinajstić information content (AvgIpc) is 2.12. The number of nitrogens with one attached hydrogen (secondary N) is 2. The lowest BCUT2D eigenvalue weighted by atomic mass is 10.2. The quantitative estimate of drug-likeness (QED) is 0.748. The highest BCUT2D eigenvalue weighted by Gasteiger charge is 2.07. The zero-order valence-corrected chi connectivity index (χ0v) is 8.23. The molecule has 14 heavy (non-hydrogen) atoms. The lowest BCUT2D eigenvalue weighted by Crippen LogP contribution is -2.28. The van der Waals surface area contributed by atoms with Crippen molar-refractivity contribution in [2.45, 2.75) is 13.8 Å². The molecule has 0 heterocycles. The van der Waals surface area contributed by atoms with E-state index in [-0.39, 0.29) is 11.7 Å². The van der Waals surface area contributed by atoms with Gasteiger partial charge >= 0.3 is 6.03 Å². The van der Waals surface area contributed by atoms with Gasteiger partial charge in [-0.3, -0.25) is 0 Å². The number of amides is 2. The van der Waals surface area contributed by atoms with Crippen LogP contribution in [0.3, 0.4) is 0 Å². The number of anilines is 1. The summed E-state index contributed by atoms with van der Waals surface area (Å²) in [5.74, 6) is -0.420. The Balaban J connectivity index is 2.80. The van der Waals surface area contributed by atoms with E-state index in [0.29, 0.717) is 12.1 Å². The number of benzene rings is 1. The highest BCUT2D eigenvalue weighted by atomic mass is 19.1. The minimum absolute atomic E-state index is 0.235. The third-order valence-corrected chi connectivity index (χ3v) is 1.80. The first kappa shape index (κ1) is 10.5. The van der Waals surface area contributed by atoms with Gasteiger partial charge in [-0.05, 0) is 25.5 Å². The lowest BCUT2D eigenvalue weighted by Gasteiger charge is -2.09. The number of para-hydroxylation sites is 1. The molecule has 0 fully saturated rings. The van der Waals surface area contributed by atoms with Crippen LogP contribution >= 0.6 is 0 Å². The molecule has 0 spiro atoms. The lowest BCUT2D eigenvalue weighted by molar-refractivity contribution is 0.252. The molecule has 0 aliphatic carbocycles. The first-order chi connectivity index (χ1) is 6.65. The van der Waals surface area contributed by atoms with Gasteiger partial charge in [0.25, 0.3) is 0 Å². The molecule has 1 rings (SSSR count). The molecule has 3 nitrogen and oxygen atoms in total. The van der Waals surface area contributed by atoms with Crippen LogP contribution in [-0.2, 0) is 0 Å². The van der Waals surface area contributed by atoms with Crippen molar-refractivity contribution in [2.75, 3.05) is 11.9 Å². The highest BCUT2D eigenvalue weighted by molar-refractivity contribution is 5.90. The third kappa shape index (κ3) is 2.45. The minimum atomic E-state index is -0.420. The summed E-state index contributed by atoms with van der Waals surface area (Å²) in [7, 11) is 0. The van der Waals surface area contributed by atoms with E-state index >= 15 is 0 Å². The molecule has 0 bridgehead atoms. The minimum Gasteiger partial charge on any atom is -0.338 e. The summed E-state index contributed by atoms with van der Waals surface area (Å²) in [6.45, 7) is 4.05. The van der Waals surface area contributed by atoms with E-state index in [4.69, 9.17) is 0 Å². The second-order valence-electron chi connectivity index (χ2n) is 2.92. The molecule has 0 unspecified atom stereocenters. The van der Waals surface area contributed by atoms with Crippen molar-refractivity contribution in [2.24, 2.45) is 0 Å². The van der Waals surface area contributed by atoms with Crippen LogP contribution in [0.1, 0.15) is 12.5 Å². The maximum absolute atomic E-state index is 13.2. The predicted octanol–water partition coefficient (Wildman–Crippen LogP) is 2.28. The summed E-state index contributed by atoms with van der Waals surface area (Å²) in [5.41, 5.74) is 0.940. The van der Waals surface area contributed by atoms with Crippen LogP contribution in [0.4, 0.5) is 14.9 Å².